The molecule has 3 heterocycles. The number of imidazole rings is 1. The van der Waals surface area contributed by atoms with E-state index in [0.717, 1.165) is 22.4 Å². The molecule has 8 nitrogen and oxygen atoms in total. The molecular weight excluding hydrogens is 516 g/mol. The molecule has 2 aliphatic rings. The minimum absolute atomic E-state index is 0.0342. The van der Waals surface area contributed by atoms with Crippen LogP contribution in [0.3, 0.4) is 0 Å². The van der Waals surface area contributed by atoms with Crippen molar-refractivity contribution in [3.05, 3.63) is 118 Å². The third-order valence-electron chi connectivity index (χ3n) is 7.78. The number of allylic oxidation sites excluding steroid dienone is 1. The number of ether oxygens (including phenoxy) is 2. The van der Waals surface area contributed by atoms with Crippen LogP contribution in [0.2, 0.25) is 0 Å². The van der Waals surface area contributed by atoms with Gasteiger partial charge in [-0.05, 0) is 59.2 Å². The van der Waals surface area contributed by atoms with Crippen molar-refractivity contribution in [2.45, 2.75) is 13.5 Å². The third kappa shape index (κ3) is 5.14. The zero-order valence-electron chi connectivity index (χ0n) is 23.2. The molecule has 8 heteroatoms. The first-order chi connectivity index (χ1) is 20.0. The van der Waals surface area contributed by atoms with Gasteiger partial charge in [-0.2, -0.15) is 0 Å². The summed E-state index contributed by atoms with van der Waals surface area (Å²) in [6, 6.07) is 21.3. The van der Waals surface area contributed by atoms with Crippen LogP contribution in [0.15, 0.2) is 89.5 Å². The van der Waals surface area contributed by atoms with Crippen LogP contribution in [0.5, 0.6) is 5.75 Å². The van der Waals surface area contributed by atoms with Crippen LogP contribution >= 0.6 is 0 Å². The Morgan fingerprint density at radius 2 is 1.73 bits per heavy atom. The van der Waals surface area contributed by atoms with E-state index in [2.05, 4.69) is 18.0 Å². The summed E-state index contributed by atoms with van der Waals surface area (Å²) in [5, 5.41) is 0. The van der Waals surface area contributed by atoms with E-state index < -0.39 is 0 Å². The van der Waals surface area contributed by atoms with Gasteiger partial charge in [-0.25, -0.2) is 4.79 Å². The molecule has 1 saturated heterocycles. The number of nitrogens with zero attached hydrogens (tertiary/aromatic N) is 4. The molecule has 208 valence electrons. The second kappa shape index (κ2) is 11.4. The molecule has 1 atom stereocenters. The van der Waals surface area contributed by atoms with E-state index in [1.807, 2.05) is 77.7 Å². The fourth-order valence-corrected chi connectivity index (χ4v) is 5.55. The van der Waals surface area contributed by atoms with E-state index in [1.165, 1.54) is 0 Å². The van der Waals surface area contributed by atoms with Gasteiger partial charge < -0.3 is 14.4 Å². The first-order valence-electron chi connectivity index (χ1n) is 13.8. The normalized spacial score (nSPS) is 16.8. The molecule has 0 unspecified atom stereocenters. The maximum Gasteiger partial charge on any atom is 0.334 e. The number of pyridine rings is 1. The summed E-state index contributed by atoms with van der Waals surface area (Å²) in [6.45, 7) is 4.48. The number of carbonyl (C=O) groups excluding carboxylic acids is 1. The third-order valence-corrected chi connectivity index (χ3v) is 7.78. The second-order valence-corrected chi connectivity index (χ2v) is 10.2. The molecule has 2 aromatic heterocycles. The van der Waals surface area contributed by atoms with Crippen LogP contribution in [-0.2, 0) is 16.1 Å². The smallest absolute Gasteiger partial charge is 0.334 e. The largest absolute Gasteiger partial charge is 0.497 e. The zero-order chi connectivity index (χ0) is 28.3. The second-order valence-electron chi connectivity index (χ2n) is 10.2. The van der Waals surface area contributed by atoms with Crippen molar-refractivity contribution in [1.29, 1.82) is 0 Å². The van der Waals surface area contributed by atoms with Crippen LogP contribution in [0, 0.1) is 5.92 Å². The molecular formula is C33H32N4O4. The molecule has 0 radical (unpaired) electrons. The van der Waals surface area contributed by atoms with Crippen molar-refractivity contribution in [3.8, 4) is 11.4 Å². The summed E-state index contributed by atoms with van der Waals surface area (Å²) < 4.78 is 14.3. The molecule has 0 spiro atoms. The standard InChI is InChI=1S/C33H32N4O4/c1-23-28(25-8-4-3-5-9-25)19-31-30(20-29(23)32(38)35-15-17-41-18-16-35)36(22-24-7-6-14-34-21-24)33(39)37(31)26-10-12-27(40-2)13-11-26/h3-14,19-21,23H,15-18,22H2,1-2H3/t23-/m1/s1. The Labute approximate surface area is 238 Å². The van der Waals surface area contributed by atoms with Gasteiger partial charge in [0.2, 0.25) is 0 Å². The van der Waals surface area contributed by atoms with Gasteiger partial charge in [0.15, 0.2) is 0 Å². The number of hydrogen-bond acceptors (Lipinski definition) is 5. The lowest BCUT2D eigenvalue weighted by molar-refractivity contribution is -0.131. The highest BCUT2D eigenvalue weighted by atomic mass is 16.5. The molecule has 6 rings (SSSR count). The van der Waals surface area contributed by atoms with E-state index in [9.17, 15) is 9.59 Å². The minimum atomic E-state index is -0.216. The lowest BCUT2D eigenvalue weighted by Gasteiger charge is -2.29. The van der Waals surface area contributed by atoms with Gasteiger partial charge in [0.05, 0.1) is 43.9 Å². The van der Waals surface area contributed by atoms with E-state index in [4.69, 9.17) is 9.47 Å². The van der Waals surface area contributed by atoms with E-state index in [1.54, 1.807) is 28.6 Å². The Balaban J connectivity index is 1.61. The average Bonchev–Trinajstić information content (AvgIpc) is 3.18. The Morgan fingerprint density at radius 1 is 0.976 bits per heavy atom. The SMILES string of the molecule is COc1ccc(-n2c3c(n(Cc4cccnc4)c2=O)C=C(C(=O)N2CCOCC2)[C@H](C)C(c2ccccc2)=C3)cc1. The topological polar surface area (TPSA) is 78.6 Å². The Bertz CT molecular complexity index is 1660. The van der Waals surface area contributed by atoms with Crippen molar-refractivity contribution < 1.29 is 14.3 Å². The van der Waals surface area contributed by atoms with Crippen molar-refractivity contribution in [1.82, 2.24) is 19.0 Å². The predicted molar refractivity (Wildman–Crippen MR) is 159 cm³/mol. The van der Waals surface area contributed by atoms with Gasteiger partial charge in [-0.3, -0.25) is 18.9 Å². The predicted octanol–water partition coefficient (Wildman–Crippen LogP) is 4.52. The van der Waals surface area contributed by atoms with Crippen molar-refractivity contribution in [2.24, 2.45) is 5.92 Å². The van der Waals surface area contributed by atoms with Gasteiger partial charge >= 0.3 is 5.69 Å². The summed E-state index contributed by atoms with van der Waals surface area (Å²) in [5.41, 5.74) is 5.43. The summed E-state index contributed by atoms with van der Waals surface area (Å²) in [7, 11) is 1.62. The first kappa shape index (κ1) is 26.5. The molecule has 0 N–H and O–H groups in total. The molecule has 41 heavy (non-hydrogen) atoms. The number of carbonyl (C=O) groups is 1. The lowest BCUT2D eigenvalue weighted by Crippen LogP contribution is -2.42. The van der Waals surface area contributed by atoms with E-state index in [0.29, 0.717) is 55.6 Å². The van der Waals surface area contributed by atoms with Crippen LogP contribution in [0.1, 0.15) is 29.4 Å². The van der Waals surface area contributed by atoms with Gasteiger partial charge in [0, 0.05) is 37.0 Å². The first-order valence-corrected chi connectivity index (χ1v) is 13.8. The summed E-state index contributed by atoms with van der Waals surface area (Å²) in [4.78, 5) is 34.4. The lowest BCUT2D eigenvalue weighted by atomic mass is 9.87. The molecule has 1 amide bonds. The number of methoxy groups -OCH3 is 1. The molecule has 4 aromatic rings. The van der Waals surface area contributed by atoms with Crippen LogP contribution in [-0.4, -0.2) is 58.3 Å². The van der Waals surface area contributed by atoms with Gasteiger partial charge in [-0.1, -0.05) is 43.3 Å². The van der Waals surface area contributed by atoms with Crippen LogP contribution in [0.25, 0.3) is 23.4 Å². The highest BCUT2D eigenvalue weighted by molar-refractivity contribution is 6.04. The number of hydrogen-bond donors (Lipinski definition) is 0. The quantitative estimate of drug-likeness (QED) is 0.354. The van der Waals surface area contributed by atoms with Crippen LogP contribution in [0.4, 0.5) is 0 Å². The molecule has 0 bridgehead atoms. The van der Waals surface area contributed by atoms with Gasteiger partial charge in [0.25, 0.3) is 5.91 Å². The number of morpholine rings is 1. The maximum atomic E-state index is 14.2. The minimum Gasteiger partial charge on any atom is -0.497 e. The summed E-state index contributed by atoms with van der Waals surface area (Å²) >= 11 is 0. The van der Waals surface area contributed by atoms with Crippen LogP contribution < -0.4 is 10.4 Å². The van der Waals surface area contributed by atoms with Crippen molar-refractivity contribution >= 4 is 23.6 Å². The highest BCUT2D eigenvalue weighted by Gasteiger charge is 2.31. The van der Waals surface area contributed by atoms with Gasteiger partial charge in [-0.15, -0.1) is 0 Å². The van der Waals surface area contributed by atoms with Crippen molar-refractivity contribution in [2.75, 3.05) is 33.4 Å². The number of fused-ring (bicyclic) bond motifs is 1. The number of aromatic nitrogens is 3. The maximum absolute atomic E-state index is 14.2. The molecule has 0 saturated carbocycles. The fourth-order valence-electron chi connectivity index (χ4n) is 5.55. The monoisotopic (exact) mass is 548 g/mol. The molecule has 1 aliphatic carbocycles. The molecule has 1 fully saturated rings. The van der Waals surface area contributed by atoms with E-state index in [-0.39, 0.29) is 17.5 Å². The van der Waals surface area contributed by atoms with Crippen molar-refractivity contribution in [3.63, 3.8) is 0 Å². The Kier molecular flexibility index (Phi) is 7.39. The summed E-state index contributed by atoms with van der Waals surface area (Å²) in [6.07, 6.45) is 7.46. The molecule has 2 aromatic carbocycles. The van der Waals surface area contributed by atoms with Gasteiger partial charge in [0.1, 0.15) is 5.75 Å². The average molecular weight is 549 g/mol. The Morgan fingerprint density at radius 3 is 2.41 bits per heavy atom. The fraction of sp³-hybridized carbons (Fsp3) is 0.242. The van der Waals surface area contributed by atoms with E-state index >= 15 is 0 Å². The number of amides is 1. The zero-order valence-corrected chi connectivity index (χ0v) is 23.2. The molecule has 1 aliphatic heterocycles. The number of rotatable bonds is 6. The number of benzene rings is 2. The Hall–Kier alpha value is -4.69. The highest BCUT2D eigenvalue weighted by Crippen LogP contribution is 2.37. The summed E-state index contributed by atoms with van der Waals surface area (Å²) in [5.74, 6) is 0.453.